The van der Waals surface area contributed by atoms with E-state index in [9.17, 15) is 14.4 Å². The summed E-state index contributed by atoms with van der Waals surface area (Å²) in [7, 11) is 1.37. The number of benzene rings is 3. The van der Waals surface area contributed by atoms with Crippen LogP contribution in [0, 0.1) is 17.1 Å². The number of fused-ring (bicyclic) bond motifs is 3. The topological polar surface area (TPSA) is 77.1 Å². The molecule has 0 radical (unpaired) electrons. The van der Waals surface area contributed by atoms with Crippen LogP contribution in [0.15, 0.2) is 60.7 Å². The fourth-order valence-electron chi connectivity index (χ4n) is 4.88. The number of hydrogen-bond donors (Lipinski definition) is 0. The van der Waals surface area contributed by atoms with Crippen LogP contribution in [0.3, 0.4) is 0 Å². The highest BCUT2D eigenvalue weighted by Crippen LogP contribution is 2.38. The zero-order valence-electron chi connectivity index (χ0n) is 20.8. The average molecular weight is 496 g/mol. The maximum atomic E-state index is 14.0. The number of methoxy groups -OCH3 is 1. The Bertz CT molecular complexity index is 1580. The smallest absolute Gasteiger partial charge is 0.340 e. The lowest BCUT2D eigenvalue weighted by atomic mass is 9.92. The average Bonchev–Trinajstić information content (AvgIpc) is 3.17. The number of carbonyl (C=O) groups excluding carboxylic acids is 1. The zero-order valence-corrected chi connectivity index (χ0v) is 20.8. The molecule has 0 bridgehead atoms. The number of para-hydroxylation sites is 1. The van der Waals surface area contributed by atoms with Crippen molar-refractivity contribution in [3.8, 4) is 11.8 Å². The fraction of sp³-hybridized carbons (Fsp3) is 0.233. The van der Waals surface area contributed by atoms with E-state index in [1.807, 2.05) is 24.3 Å². The maximum Gasteiger partial charge on any atom is 0.340 e. The van der Waals surface area contributed by atoms with Crippen molar-refractivity contribution in [2.45, 2.75) is 39.3 Å². The standard InChI is InChI=1S/C30H26FN3O3/c1-3-6-28-33-29-25(30(35)36-2)7-4-9-26(29)34(28)17-19-10-12-22-20(15-19)18-37-27-16-21(31)11-13-24(27)23(22)8-5-14-32/h4,7-13,15-16H,3,5-6,17-18H2,1-2H3. The summed E-state index contributed by atoms with van der Waals surface area (Å²) in [5, 5.41) is 9.20. The molecule has 37 heavy (non-hydrogen) atoms. The SMILES string of the molecule is CCCc1nc2c(C(=O)OC)cccc2n1Cc1ccc2c(c1)COc1cc(F)ccc1C2=CCC#N. The minimum absolute atomic E-state index is 0.233. The number of aryl methyl sites for hydroxylation is 1. The second-order valence-electron chi connectivity index (χ2n) is 8.93. The van der Waals surface area contributed by atoms with Gasteiger partial charge in [-0.05, 0) is 59.0 Å². The molecule has 0 unspecified atom stereocenters. The first kappa shape index (κ1) is 24.3. The molecule has 0 saturated heterocycles. The zero-order chi connectivity index (χ0) is 25.9. The number of allylic oxidation sites excluding steroid dienone is 1. The minimum atomic E-state index is -0.409. The molecule has 6 nitrogen and oxygen atoms in total. The first-order chi connectivity index (χ1) is 18.0. The summed E-state index contributed by atoms with van der Waals surface area (Å²) in [5.74, 6) is 0.584. The van der Waals surface area contributed by atoms with Gasteiger partial charge in [0.15, 0.2) is 0 Å². The maximum absolute atomic E-state index is 14.0. The molecule has 1 aliphatic heterocycles. The molecule has 186 valence electrons. The van der Waals surface area contributed by atoms with Crippen molar-refractivity contribution in [3.63, 3.8) is 0 Å². The Morgan fingerprint density at radius 3 is 2.84 bits per heavy atom. The Labute approximate surface area is 214 Å². The summed E-state index contributed by atoms with van der Waals surface area (Å²) in [6.07, 6.45) is 3.78. The third-order valence-corrected chi connectivity index (χ3v) is 6.55. The van der Waals surface area contributed by atoms with E-state index < -0.39 is 5.97 Å². The van der Waals surface area contributed by atoms with Crippen molar-refractivity contribution in [3.05, 3.63) is 100 Å². The number of imidazole rings is 1. The number of aromatic nitrogens is 2. The Hall–Kier alpha value is -4.44. The van der Waals surface area contributed by atoms with Gasteiger partial charge in [-0.2, -0.15) is 5.26 Å². The first-order valence-electron chi connectivity index (χ1n) is 12.2. The van der Waals surface area contributed by atoms with Crippen molar-refractivity contribution in [1.29, 1.82) is 5.26 Å². The third kappa shape index (κ3) is 4.58. The monoisotopic (exact) mass is 495 g/mol. The summed E-state index contributed by atoms with van der Waals surface area (Å²) < 4.78 is 27.1. The molecule has 5 rings (SSSR count). The molecule has 3 aromatic carbocycles. The number of ether oxygens (including phenoxy) is 2. The predicted octanol–water partition coefficient (Wildman–Crippen LogP) is 6.20. The van der Waals surface area contributed by atoms with E-state index in [0.717, 1.165) is 52.0 Å². The van der Waals surface area contributed by atoms with Crippen molar-refractivity contribution in [1.82, 2.24) is 9.55 Å². The summed E-state index contributed by atoms with van der Waals surface area (Å²) in [6, 6.07) is 18.4. The molecule has 7 heteroatoms. The third-order valence-electron chi connectivity index (χ3n) is 6.55. The highest BCUT2D eigenvalue weighted by molar-refractivity contribution is 6.02. The fourth-order valence-corrected chi connectivity index (χ4v) is 4.88. The van der Waals surface area contributed by atoms with Gasteiger partial charge < -0.3 is 14.0 Å². The molecular weight excluding hydrogens is 469 g/mol. The number of carbonyl (C=O) groups is 1. The molecule has 0 spiro atoms. The number of nitriles is 1. The Kier molecular flexibility index (Phi) is 6.74. The van der Waals surface area contributed by atoms with Gasteiger partial charge in [0.25, 0.3) is 0 Å². The van der Waals surface area contributed by atoms with E-state index in [1.54, 1.807) is 12.1 Å². The Morgan fingerprint density at radius 1 is 1.22 bits per heavy atom. The van der Waals surface area contributed by atoms with E-state index in [4.69, 9.17) is 14.5 Å². The molecule has 0 fully saturated rings. The molecule has 0 aliphatic carbocycles. The van der Waals surface area contributed by atoms with Crippen molar-refractivity contribution < 1.29 is 18.7 Å². The van der Waals surface area contributed by atoms with Crippen molar-refractivity contribution in [2.24, 2.45) is 0 Å². The summed E-state index contributed by atoms with van der Waals surface area (Å²) in [4.78, 5) is 17.2. The predicted molar refractivity (Wildman–Crippen MR) is 139 cm³/mol. The largest absolute Gasteiger partial charge is 0.488 e. The van der Waals surface area contributed by atoms with Crippen LogP contribution < -0.4 is 4.74 Å². The lowest BCUT2D eigenvalue weighted by Crippen LogP contribution is -2.07. The molecule has 4 aromatic rings. The van der Waals surface area contributed by atoms with Gasteiger partial charge in [0.1, 0.15) is 29.5 Å². The normalized spacial score (nSPS) is 13.4. The van der Waals surface area contributed by atoms with E-state index in [-0.39, 0.29) is 18.8 Å². The van der Waals surface area contributed by atoms with Gasteiger partial charge >= 0.3 is 5.97 Å². The van der Waals surface area contributed by atoms with Gasteiger partial charge in [-0.3, -0.25) is 0 Å². The number of hydrogen-bond acceptors (Lipinski definition) is 5. The van der Waals surface area contributed by atoms with Gasteiger partial charge in [-0.15, -0.1) is 0 Å². The van der Waals surface area contributed by atoms with E-state index in [0.29, 0.717) is 23.4 Å². The van der Waals surface area contributed by atoms with Crippen LogP contribution in [0.4, 0.5) is 4.39 Å². The number of nitrogens with zero attached hydrogens (tertiary/aromatic N) is 3. The van der Waals surface area contributed by atoms with Gasteiger partial charge in [-0.1, -0.05) is 31.2 Å². The number of esters is 1. The number of rotatable bonds is 6. The summed E-state index contributed by atoms with van der Waals surface area (Å²) >= 11 is 0. The van der Waals surface area contributed by atoms with Crippen molar-refractivity contribution in [2.75, 3.05) is 7.11 Å². The van der Waals surface area contributed by atoms with Crippen molar-refractivity contribution >= 4 is 22.6 Å². The van der Waals surface area contributed by atoms with Crippen LogP contribution >= 0.6 is 0 Å². The Balaban J connectivity index is 1.58. The van der Waals surface area contributed by atoms with Gasteiger partial charge in [-0.25, -0.2) is 14.2 Å². The summed E-state index contributed by atoms with van der Waals surface area (Å²) in [6.45, 7) is 2.94. The van der Waals surface area contributed by atoms with Crippen LogP contribution in [-0.2, 0) is 24.3 Å². The molecule has 0 atom stereocenters. The second-order valence-corrected chi connectivity index (χ2v) is 8.93. The highest BCUT2D eigenvalue weighted by atomic mass is 19.1. The minimum Gasteiger partial charge on any atom is -0.488 e. The molecule has 0 amide bonds. The molecular formula is C30H26FN3O3. The van der Waals surface area contributed by atoms with Crippen LogP contribution in [0.25, 0.3) is 16.6 Å². The van der Waals surface area contributed by atoms with E-state index >= 15 is 0 Å². The first-order valence-corrected chi connectivity index (χ1v) is 12.2. The van der Waals surface area contributed by atoms with Crippen LogP contribution in [0.5, 0.6) is 5.75 Å². The lowest BCUT2D eigenvalue weighted by Gasteiger charge is -2.13. The van der Waals surface area contributed by atoms with Gasteiger partial charge in [0.05, 0.1) is 30.7 Å². The van der Waals surface area contributed by atoms with E-state index in [1.165, 1.54) is 19.2 Å². The van der Waals surface area contributed by atoms with Crippen LogP contribution in [0.2, 0.25) is 0 Å². The molecule has 0 saturated carbocycles. The molecule has 1 aromatic heterocycles. The number of halogens is 1. The van der Waals surface area contributed by atoms with Crippen LogP contribution in [0.1, 0.15) is 58.2 Å². The summed E-state index contributed by atoms with van der Waals surface area (Å²) in [5.41, 5.74) is 6.53. The molecule has 2 heterocycles. The second kappa shape index (κ2) is 10.3. The highest BCUT2D eigenvalue weighted by Gasteiger charge is 2.21. The lowest BCUT2D eigenvalue weighted by molar-refractivity contribution is 0.0603. The quantitative estimate of drug-likeness (QED) is 0.298. The van der Waals surface area contributed by atoms with Crippen LogP contribution in [-0.4, -0.2) is 22.6 Å². The van der Waals surface area contributed by atoms with Gasteiger partial charge in [0.2, 0.25) is 0 Å². The van der Waals surface area contributed by atoms with Gasteiger partial charge in [0, 0.05) is 24.6 Å². The molecule has 1 aliphatic rings. The molecule has 0 N–H and O–H groups in total. The van der Waals surface area contributed by atoms with E-state index in [2.05, 4.69) is 29.7 Å². The Morgan fingerprint density at radius 2 is 2.05 bits per heavy atom.